The first kappa shape index (κ1) is 10.9. The highest BCUT2D eigenvalue weighted by Gasteiger charge is 2.12. The van der Waals surface area contributed by atoms with Crippen molar-refractivity contribution in [2.75, 3.05) is 5.32 Å². The van der Waals surface area contributed by atoms with E-state index in [1.54, 1.807) is 0 Å². The Morgan fingerprint density at radius 1 is 1.44 bits per heavy atom. The maximum atomic E-state index is 11.4. The Balaban J connectivity index is 2.17. The molecule has 2 rings (SSSR count). The lowest BCUT2D eigenvalue weighted by Gasteiger charge is -2.13. The lowest BCUT2D eigenvalue weighted by Crippen LogP contribution is -2.20. The van der Waals surface area contributed by atoms with Gasteiger partial charge in [-0.05, 0) is 12.8 Å². The zero-order valence-corrected chi connectivity index (χ0v) is 9.66. The molecule has 4 nitrogen and oxygen atoms in total. The van der Waals surface area contributed by atoms with Gasteiger partial charge in [-0.2, -0.15) is 0 Å². The summed E-state index contributed by atoms with van der Waals surface area (Å²) in [6.07, 6.45) is 6.30. The molecule has 0 fully saturated rings. The van der Waals surface area contributed by atoms with Gasteiger partial charge in [0, 0.05) is 18.0 Å². The molecule has 1 aromatic heterocycles. The Labute approximate surface area is 94.8 Å². The number of nitrogens with one attached hydrogen (secondary N) is 2. The number of aromatic amines is 1. The van der Waals surface area contributed by atoms with Crippen LogP contribution in [0, 0.1) is 0 Å². The molecule has 1 aliphatic rings. The topological polar surface area (TPSA) is 57.8 Å². The van der Waals surface area contributed by atoms with Crippen molar-refractivity contribution in [3.8, 4) is 0 Å². The molecule has 0 atom stereocenters. The van der Waals surface area contributed by atoms with E-state index in [1.807, 2.05) is 13.8 Å². The van der Waals surface area contributed by atoms with Crippen molar-refractivity contribution in [3.63, 3.8) is 0 Å². The van der Waals surface area contributed by atoms with Crippen LogP contribution in [0.3, 0.4) is 0 Å². The molecule has 0 radical (unpaired) electrons. The van der Waals surface area contributed by atoms with Gasteiger partial charge in [0.2, 0.25) is 0 Å². The van der Waals surface area contributed by atoms with E-state index in [4.69, 9.17) is 0 Å². The summed E-state index contributed by atoms with van der Waals surface area (Å²) >= 11 is 0. The summed E-state index contributed by atoms with van der Waals surface area (Å²) in [4.78, 5) is 18.6. The molecule has 0 bridgehead atoms. The van der Waals surface area contributed by atoms with Crippen molar-refractivity contribution in [1.29, 1.82) is 0 Å². The third-order valence-electron chi connectivity index (χ3n) is 2.67. The van der Waals surface area contributed by atoms with Crippen molar-refractivity contribution in [2.45, 2.75) is 38.6 Å². The van der Waals surface area contributed by atoms with Gasteiger partial charge in [-0.15, -0.1) is 0 Å². The standard InChI is InChI=1S/C12H17N3O/c1-8(2)12-14-10(7-11(16)15-12)13-9-5-3-4-6-9/h3-4,7-9H,5-6H2,1-2H3,(H2,13,14,15,16). The van der Waals surface area contributed by atoms with E-state index >= 15 is 0 Å². The van der Waals surface area contributed by atoms with Crippen LogP contribution in [0.25, 0.3) is 0 Å². The van der Waals surface area contributed by atoms with Crippen LogP contribution in [0.4, 0.5) is 5.82 Å². The van der Waals surface area contributed by atoms with Crippen molar-refractivity contribution in [3.05, 3.63) is 34.4 Å². The molecule has 1 aliphatic carbocycles. The highest BCUT2D eigenvalue weighted by Crippen LogP contribution is 2.15. The van der Waals surface area contributed by atoms with Gasteiger partial charge < -0.3 is 10.3 Å². The average Bonchev–Trinajstić information content (AvgIpc) is 2.69. The van der Waals surface area contributed by atoms with Crippen LogP contribution < -0.4 is 10.9 Å². The average molecular weight is 219 g/mol. The Kier molecular flexibility index (Phi) is 3.08. The summed E-state index contributed by atoms with van der Waals surface area (Å²) in [5.74, 6) is 1.65. The number of rotatable bonds is 3. The predicted octanol–water partition coefficient (Wildman–Crippen LogP) is 2.02. The zero-order valence-electron chi connectivity index (χ0n) is 9.66. The number of H-pyrrole nitrogens is 1. The minimum absolute atomic E-state index is 0.0906. The molecule has 0 amide bonds. The number of aromatic nitrogens is 2. The first-order chi connectivity index (χ1) is 7.65. The third-order valence-corrected chi connectivity index (χ3v) is 2.67. The van der Waals surface area contributed by atoms with Gasteiger partial charge >= 0.3 is 0 Å². The first-order valence-electron chi connectivity index (χ1n) is 5.68. The summed E-state index contributed by atoms with van der Waals surface area (Å²) < 4.78 is 0. The fourth-order valence-electron chi connectivity index (χ4n) is 1.77. The summed E-state index contributed by atoms with van der Waals surface area (Å²) in [5.41, 5.74) is -0.0906. The second-order valence-corrected chi connectivity index (χ2v) is 4.45. The lowest BCUT2D eigenvalue weighted by molar-refractivity contribution is 0.746. The second kappa shape index (κ2) is 4.51. The van der Waals surface area contributed by atoms with E-state index in [-0.39, 0.29) is 11.5 Å². The summed E-state index contributed by atoms with van der Waals surface area (Å²) in [6.45, 7) is 4.03. The van der Waals surface area contributed by atoms with Crippen LogP contribution in [0.1, 0.15) is 38.4 Å². The molecule has 1 heterocycles. The van der Waals surface area contributed by atoms with Crippen LogP contribution in [-0.4, -0.2) is 16.0 Å². The maximum Gasteiger partial charge on any atom is 0.252 e. The second-order valence-electron chi connectivity index (χ2n) is 4.45. The normalized spacial score (nSPS) is 15.9. The minimum Gasteiger partial charge on any atom is -0.366 e. The van der Waals surface area contributed by atoms with E-state index in [2.05, 4.69) is 27.4 Å². The maximum absolute atomic E-state index is 11.4. The number of nitrogens with zero attached hydrogens (tertiary/aromatic N) is 1. The number of hydrogen-bond donors (Lipinski definition) is 2. The number of hydrogen-bond acceptors (Lipinski definition) is 3. The van der Waals surface area contributed by atoms with Crippen molar-refractivity contribution in [2.24, 2.45) is 0 Å². The van der Waals surface area contributed by atoms with Gasteiger partial charge in [-0.25, -0.2) is 4.98 Å². The molecule has 1 aromatic rings. The first-order valence-corrected chi connectivity index (χ1v) is 5.68. The molecule has 2 N–H and O–H groups in total. The number of anilines is 1. The molecule has 0 spiro atoms. The molecule has 0 saturated carbocycles. The monoisotopic (exact) mass is 219 g/mol. The third kappa shape index (κ3) is 2.51. The van der Waals surface area contributed by atoms with Gasteiger partial charge in [0.25, 0.3) is 5.56 Å². The SMILES string of the molecule is CC(C)c1nc(NC2CC=CC2)cc(=O)[nH]1. The van der Waals surface area contributed by atoms with E-state index < -0.39 is 0 Å². The Bertz CT molecular complexity index is 440. The zero-order chi connectivity index (χ0) is 11.5. The Morgan fingerprint density at radius 3 is 2.75 bits per heavy atom. The Hall–Kier alpha value is -1.58. The molecule has 0 saturated heterocycles. The molecular weight excluding hydrogens is 202 g/mol. The quantitative estimate of drug-likeness (QED) is 0.765. The minimum atomic E-state index is -0.0906. The van der Waals surface area contributed by atoms with Crippen LogP contribution in [0.2, 0.25) is 0 Å². The van der Waals surface area contributed by atoms with E-state index in [1.165, 1.54) is 6.07 Å². The fraction of sp³-hybridized carbons (Fsp3) is 0.500. The van der Waals surface area contributed by atoms with Gasteiger partial charge in [0.15, 0.2) is 0 Å². The van der Waals surface area contributed by atoms with Crippen LogP contribution in [-0.2, 0) is 0 Å². The Morgan fingerprint density at radius 2 is 2.12 bits per heavy atom. The lowest BCUT2D eigenvalue weighted by atomic mass is 10.2. The summed E-state index contributed by atoms with van der Waals surface area (Å²) in [7, 11) is 0. The smallest absolute Gasteiger partial charge is 0.252 e. The largest absolute Gasteiger partial charge is 0.366 e. The molecule has 0 unspecified atom stereocenters. The predicted molar refractivity (Wildman–Crippen MR) is 64.7 cm³/mol. The van der Waals surface area contributed by atoms with E-state index in [0.717, 1.165) is 18.7 Å². The van der Waals surface area contributed by atoms with E-state index in [9.17, 15) is 4.79 Å². The van der Waals surface area contributed by atoms with Gasteiger partial charge in [0.1, 0.15) is 11.6 Å². The van der Waals surface area contributed by atoms with Crippen LogP contribution in [0.5, 0.6) is 0 Å². The van der Waals surface area contributed by atoms with Crippen LogP contribution in [0.15, 0.2) is 23.0 Å². The van der Waals surface area contributed by atoms with Crippen LogP contribution >= 0.6 is 0 Å². The summed E-state index contributed by atoms with van der Waals surface area (Å²) in [6, 6.07) is 1.90. The molecule has 0 aliphatic heterocycles. The highest BCUT2D eigenvalue weighted by atomic mass is 16.1. The molecule has 16 heavy (non-hydrogen) atoms. The van der Waals surface area contributed by atoms with Crippen molar-refractivity contribution >= 4 is 5.82 Å². The van der Waals surface area contributed by atoms with Gasteiger partial charge in [-0.1, -0.05) is 26.0 Å². The fourth-order valence-corrected chi connectivity index (χ4v) is 1.77. The molecule has 4 heteroatoms. The van der Waals surface area contributed by atoms with Crippen molar-refractivity contribution in [1.82, 2.24) is 9.97 Å². The van der Waals surface area contributed by atoms with Crippen molar-refractivity contribution < 1.29 is 0 Å². The molecule has 86 valence electrons. The summed E-state index contributed by atoms with van der Waals surface area (Å²) in [5, 5.41) is 3.28. The van der Waals surface area contributed by atoms with Gasteiger partial charge in [-0.3, -0.25) is 4.79 Å². The van der Waals surface area contributed by atoms with E-state index in [0.29, 0.717) is 11.9 Å². The molecule has 0 aromatic carbocycles. The van der Waals surface area contributed by atoms with Gasteiger partial charge in [0.05, 0.1) is 0 Å². The highest BCUT2D eigenvalue weighted by molar-refractivity contribution is 5.35. The molecular formula is C12H17N3O.